The number of nitrogens with zero attached hydrogens (tertiary/aromatic N) is 2. The number of methoxy groups -OCH3 is 1. The fraction of sp³-hybridized carbons (Fsp3) is 0.304. The molecular weight excluding hydrogens is 419 g/mol. The summed E-state index contributed by atoms with van der Waals surface area (Å²) in [6.07, 6.45) is 2.03. The number of carbonyl (C=O) groups excluding carboxylic acids is 2. The number of ether oxygens (including phenoxy) is 1. The first-order chi connectivity index (χ1) is 15.1. The van der Waals surface area contributed by atoms with Gasteiger partial charge in [0.25, 0.3) is 5.91 Å². The average Bonchev–Trinajstić information content (AvgIpc) is 3.48. The summed E-state index contributed by atoms with van der Waals surface area (Å²) in [7, 11) is 1.59. The number of benzene rings is 1. The molecule has 6 nitrogen and oxygen atoms in total. The highest BCUT2D eigenvalue weighted by atomic mass is 32.1. The molecule has 3 rings (SSSR count). The summed E-state index contributed by atoms with van der Waals surface area (Å²) in [6.45, 7) is 1.48. The molecule has 0 saturated carbocycles. The Bertz CT molecular complexity index is 943. The monoisotopic (exact) mass is 444 g/mol. The van der Waals surface area contributed by atoms with E-state index in [1.165, 1.54) is 23.3 Å². The minimum Gasteiger partial charge on any atom is -0.459 e. The summed E-state index contributed by atoms with van der Waals surface area (Å²) in [5.74, 6) is -0.677. The quantitative estimate of drug-likeness (QED) is 0.416. The fourth-order valence-corrected chi connectivity index (χ4v) is 3.82. The highest BCUT2D eigenvalue weighted by molar-refractivity contribution is 7.09. The second-order valence-electron chi connectivity index (χ2n) is 7.01. The second-order valence-corrected chi connectivity index (χ2v) is 8.04. The number of rotatable bonds is 11. The van der Waals surface area contributed by atoms with Crippen LogP contribution in [0.4, 0.5) is 4.39 Å². The molecule has 0 unspecified atom stereocenters. The summed E-state index contributed by atoms with van der Waals surface area (Å²) in [4.78, 5) is 30.3. The number of thiophene rings is 1. The first-order valence-electron chi connectivity index (χ1n) is 9.93. The van der Waals surface area contributed by atoms with Gasteiger partial charge in [-0.25, -0.2) is 4.39 Å². The Morgan fingerprint density at radius 3 is 2.52 bits per heavy atom. The summed E-state index contributed by atoms with van der Waals surface area (Å²) in [5.41, 5.74) is 0.814. The zero-order chi connectivity index (χ0) is 22.1. The molecule has 0 N–H and O–H groups in total. The third-order valence-electron chi connectivity index (χ3n) is 4.69. The fourth-order valence-electron chi connectivity index (χ4n) is 3.10. The van der Waals surface area contributed by atoms with Crippen LogP contribution in [0, 0.1) is 5.82 Å². The Labute approximate surface area is 184 Å². The van der Waals surface area contributed by atoms with Crippen molar-refractivity contribution in [1.82, 2.24) is 9.80 Å². The van der Waals surface area contributed by atoms with Crippen molar-refractivity contribution in [3.05, 3.63) is 82.2 Å². The number of hydrogen-bond donors (Lipinski definition) is 0. The van der Waals surface area contributed by atoms with Crippen LogP contribution in [0.2, 0.25) is 0 Å². The Morgan fingerprint density at radius 2 is 1.87 bits per heavy atom. The molecule has 0 atom stereocenters. The van der Waals surface area contributed by atoms with Crippen LogP contribution in [-0.4, -0.2) is 48.4 Å². The van der Waals surface area contributed by atoms with E-state index in [1.54, 1.807) is 47.6 Å². The topological polar surface area (TPSA) is 63.0 Å². The molecule has 2 aromatic heterocycles. The Balaban J connectivity index is 1.75. The molecule has 1 aromatic carbocycles. The van der Waals surface area contributed by atoms with Gasteiger partial charge in [-0.05, 0) is 47.7 Å². The van der Waals surface area contributed by atoms with Crippen molar-refractivity contribution < 1.29 is 23.1 Å². The van der Waals surface area contributed by atoms with E-state index in [1.807, 2.05) is 17.5 Å². The number of carbonyl (C=O) groups is 2. The average molecular weight is 445 g/mol. The van der Waals surface area contributed by atoms with Crippen molar-refractivity contribution in [3.8, 4) is 0 Å². The lowest BCUT2D eigenvalue weighted by Crippen LogP contribution is -2.43. The first-order valence-corrected chi connectivity index (χ1v) is 10.8. The van der Waals surface area contributed by atoms with E-state index in [0.29, 0.717) is 32.7 Å². The maximum absolute atomic E-state index is 13.3. The second kappa shape index (κ2) is 11.4. The molecule has 0 radical (unpaired) electrons. The third-order valence-corrected chi connectivity index (χ3v) is 5.55. The van der Waals surface area contributed by atoms with E-state index in [4.69, 9.17) is 9.15 Å². The number of amides is 2. The van der Waals surface area contributed by atoms with Crippen LogP contribution in [0.3, 0.4) is 0 Å². The molecule has 2 amide bonds. The smallest absolute Gasteiger partial charge is 0.290 e. The first kappa shape index (κ1) is 22.7. The van der Waals surface area contributed by atoms with Crippen molar-refractivity contribution >= 4 is 23.2 Å². The number of halogens is 1. The zero-order valence-corrected chi connectivity index (χ0v) is 18.1. The molecule has 0 aliphatic rings. The largest absolute Gasteiger partial charge is 0.459 e. The van der Waals surface area contributed by atoms with E-state index in [-0.39, 0.29) is 29.9 Å². The van der Waals surface area contributed by atoms with E-state index >= 15 is 0 Å². The van der Waals surface area contributed by atoms with Crippen molar-refractivity contribution in [3.63, 3.8) is 0 Å². The Hall–Kier alpha value is -2.97. The van der Waals surface area contributed by atoms with Crippen molar-refractivity contribution in [1.29, 1.82) is 0 Å². The standard InChI is InChI=1S/C23H25FN2O4S/c1-29-12-4-11-25(23(28)21-6-2-13-30-21)17-22(27)26(16-20-5-3-14-31-20)15-18-7-9-19(24)10-8-18/h2-3,5-10,13-14H,4,11-12,15-17H2,1H3. The molecule has 164 valence electrons. The molecule has 2 heterocycles. The van der Waals surface area contributed by atoms with E-state index in [2.05, 4.69) is 0 Å². The van der Waals surface area contributed by atoms with Gasteiger partial charge in [0.05, 0.1) is 12.8 Å². The van der Waals surface area contributed by atoms with Crippen molar-refractivity contribution in [2.75, 3.05) is 26.8 Å². The predicted octanol–water partition coefficient (Wildman–Crippen LogP) is 4.19. The third kappa shape index (κ3) is 6.77. The lowest BCUT2D eigenvalue weighted by Gasteiger charge is -2.27. The van der Waals surface area contributed by atoms with Gasteiger partial charge in [-0.15, -0.1) is 11.3 Å². The maximum atomic E-state index is 13.3. The Kier molecular flexibility index (Phi) is 8.37. The van der Waals surface area contributed by atoms with Crippen LogP contribution in [0.15, 0.2) is 64.6 Å². The molecule has 0 bridgehead atoms. The van der Waals surface area contributed by atoms with Crippen molar-refractivity contribution in [2.24, 2.45) is 0 Å². The summed E-state index contributed by atoms with van der Waals surface area (Å²) in [5, 5.41) is 1.95. The van der Waals surface area contributed by atoms with Gasteiger partial charge >= 0.3 is 0 Å². The number of hydrogen-bond acceptors (Lipinski definition) is 5. The van der Waals surface area contributed by atoms with Gasteiger partial charge in [-0.3, -0.25) is 9.59 Å². The lowest BCUT2D eigenvalue weighted by atomic mass is 10.2. The van der Waals surface area contributed by atoms with Gasteiger partial charge in [0.2, 0.25) is 5.91 Å². The van der Waals surface area contributed by atoms with Crippen LogP contribution >= 0.6 is 11.3 Å². The minimum absolute atomic E-state index is 0.0875. The maximum Gasteiger partial charge on any atom is 0.290 e. The van der Waals surface area contributed by atoms with Crippen LogP contribution in [0.25, 0.3) is 0 Å². The molecule has 0 aliphatic heterocycles. The summed E-state index contributed by atoms with van der Waals surface area (Å²) >= 11 is 1.56. The molecule has 0 spiro atoms. The SMILES string of the molecule is COCCCN(CC(=O)N(Cc1ccc(F)cc1)Cc1cccs1)C(=O)c1ccco1. The van der Waals surface area contributed by atoms with Crippen LogP contribution < -0.4 is 0 Å². The predicted molar refractivity (Wildman–Crippen MR) is 116 cm³/mol. The molecular formula is C23H25FN2O4S. The van der Waals surface area contributed by atoms with Crippen molar-refractivity contribution in [2.45, 2.75) is 19.5 Å². The summed E-state index contributed by atoms with van der Waals surface area (Å²) in [6, 6.07) is 13.2. The molecule has 3 aromatic rings. The number of furan rings is 1. The van der Waals surface area contributed by atoms with Gasteiger partial charge in [-0.1, -0.05) is 18.2 Å². The van der Waals surface area contributed by atoms with E-state index < -0.39 is 0 Å². The highest BCUT2D eigenvalue weighted by Gasteiger charge is 2.24. The molecule has 0 fully saturated rings. The molecule has 31 heavy (non-hydrogen) atoms. The van der Waals surface area contributed by atoms with Gasteiger partial charge in [0.1, 0.15) is 12.4 Å². The highest BCUT2D eigenvalue weighted by Crippen LogP contribution is 2.16. The lowest BCUT2D eigenvalue weighted by molar-refractivity contribution is -0.133. The van der Waals surface area contributed by atoms with E-state index in [9.17, 15) is 14.0 Å². The molecule has 8 heteroatoms. The van der Waals surface area contributed by atoms with Crippen LogP contribution in [0.5, 0.6) is 0 Å². The van der Waals surface area contributed by atoms with Gasteiger partial charge in [0, 0.05) is 31.7 Å². The van der Waals surface area contributed by atoms with Gasteiger partial charge in [-0.2, -0.15) is 0 Å². The van der Waals surface area contributed by atoms with Gasteiger partial charge in [0.15, 0.2) is 5.76 Å². The van der Waals surface area contributed by atoms with Crippen LogP contribution in [0.1, 0.15) is 27.4 Å². The Morgan fingerprint density at radius 1 is 1.06 bits per heavy atom. The molecule has 0 saturated heterocycles. The van der Waals surface area contributed by atoms with Crippen LogP contribution in [-0.2, 0) is 22.6 Å². The normalized spacial score (nSPS) is 10.8. The van der Waals surface area contributed by atoms with Gasteiger partial charge < -0.3 is 19.0 Å². The molecule has 0 aliphatic carbocycles. The minimum atomic E-state index is -0.340. The zero-order valence-electron chi connectivity index (χ0n) is 17.3. The van der Waals surface area contributed by atoms with E-state index in [0.717, 1.165) is 10.4 Å². The summed E-state index contributed by atoms with van der Waals surface area (Å²) < 4.78 is 23.6.